The smallest absolute Gasteiger partial charge is 0.349 e. The van der Waals surface area contributed by atoms with Crippen LogP contribution in [0.15, 0.2) is 23.0 Å². The van der Waals surface area contributed by atoms with E-state index in [0.29, 0.717) is 11.7 Å². The van der Waals surface area contributed by atoms with E-state index in [4.69, 9.17) is 21.1 Å². The molecule has 0 spiro atoms. The van der Waals surface area contributed by atoms with Crippen molar-refractivity contribution in [1.29, 1.82) is 0 Å². The summed E-state index contributed by atoms with van der Waals surface area (Å²) in [5.41, 5.74) is 0.982. The molecule has 0 aromatic carbocycles. The molecule has 5 nitrogen and oxygen atoms in total. The van der Waals surface area contributed by atoms with Crippen molar-refractivity contribution < 1.29 is 14.3 Å². The second kappa shape index (κ2) is 4.77. The molecule has 0 aliphatic heterocycles. The number of anilines is 1. The zero-order chi connectivity index (χ0) is 12.4. The zero-order valence-corrected chi connectivity index (χ0v) is 10.5. The van der Waals surface area contributed by atoms with Crippen LogP contribution in [0.2, 0.25) is 5.15 Å². The van der Waals surface area contributed by atoms with Crippen LogP contribution in [-0.4, -0.2) is 23.1 Å². The van der Waals surface area contributed by atoms with E-state index in [1.807, 2.05) is 18.0 Å². The highest BCUT2D eigenvalue weighted by molar-refractivity contribution is 7.18. The van der Waals surface area contributed by atoms with E-state index in [1.165, 1.54) is 0 Å². The van der Waals surface area contributed by atoms with Crippen LogP contribution >= 0.6 is 22.9 Å². The molecule has 0 saturated heterocycles. The number of rotatable bonds is 4. The lowest BCUT2D eigenvalue weighted by Gasteiger charge is -2.13. The lowest BCUT2D eigenvalue weighted by Crippen LogP contribution is -2.15. The average molecular weight is 273 g/mol. The normalized spacial score (nSPS) is 10.5. The standard InChI is InChI=1S/C10H9ClN2O3S/c1-13(4-6-2-3-16-5-6)10-12-8(11)7(17-10)9(14)15/h2-3,5H,4H2,1H3,(H,14,15). The predicted molar refractivity (Wildman–Crippen MR) is 64.9 cm³/mol. The molecule has 2 aromatic rings. The number of hydrogen-bond donors (Lipinski definition) is 1. The van der Waals surface area contributed by atoms with Crippen molar-refractivity contribution in [1.82, 2.24) is 4.98 Å². The Morgan fingerprint density at radius 2 is 2.47 bits per heavy atom. The average Bonchev–Trinajstić information content (AvgIpc) is 2.86. The molecule has 0 atom stereocenters. The highest BCUT2D eigenvalue weighted by Crippen LogP contribution is 2.29. The molecular weight excluding hydrogens is 264 g/mol. The lowest BCUT2D eigenvalue weighted by molar-refractivity contribution is 0.0702. The molecular formula is C10H9ClN2O3S. The lowest BCUT2D eigenvalue weighted by atomic mass is 10.3. The van der Waals surface area contributed by atoms with Crippen molar-refractivity contribution in [3.63, 3.8) is 0 Å². The summed E-state index contributed by atoms with van der Waals surface area (Å²) in [5.74, 6) is -1.06. The maximum atomic E-state index is 10.8. The van der Waals surface area contributed by atoms with Crippen LogP contribution in [-0.2, 0) is 6.54 Å². The van der Waals surface area contributed by atoms with Gasteiger partial charge in [0.2, 0.25) is 0 Å². The van der Waals surface area contributed by atoms with Gasteiger partial charge in [-0.2, -0.15) is 0 Å². The third kappa shape index (κ3) is 2.59. The molecule has 0 saturated carbocycles. The molecule has 1 N–H and O–H groups in total. The second-order valence-corrected chi connectivity index (χ2v) is 4.74. The first-order valence-corrected chi connectivity index (χ1v) is 5.89. The fourth-order valence-corrected chi connectivity index (χ4v) is 2.39. The number of hydrogen-bond acceptors (Lipinski definition) is 5. The van der Waals surface area contributed by atoms with Crippen LogP contribution in [0.4, 0.5) is 5.13 Å². The van der Waals surface area contributed by atoms with Gasteiger partial charge in [0.05, 0.1) is 12.5 Å². The van der Waals surface area contributed by atoms with Gasteiger partial charge in [-0.3, -0.25) is 0 Å². The quantitative estimate of drug-likeness (QED) is 0.927. The van der Waals surface area contributed by atoms with E-state index >= 15 is 0 Å². The van der Waals surface area contributed by atoms with Gasteiger partial charge in [-0.25, -0.2) is 9.78 Å². The third-order valence-electron chi connectivity index (χ3n) is 2.10. The van der Waals surface area contributed by atoms with Crippen LogP contribution in [0.1, 0.15) is 15.2 Å². The van der Waals surface area contributed by atoms with Crippen molar-refractivity contribution in [3.8, 4) is 0 Å². The molecule has 90 valence electrons. The van der Waals surface area contributed by atoms with Crippen LogP contribution in [0.5, 0.6) is 0 Å². The third-order valence-corrected chi connectivity index (χ3v) is 3.64. The second-order valence-electron chi connectivity index (χ2n) is 3.41. The Labute approximate surface area is 106 Å². The van der Waals surface area contributed by atoms with Gasteiger partial charge in [-0.1, -0.05) is 22.9 Å². The molecule has 0 aliphatic carbocycles. The van der Waals surface area contributed by atoms with Crippen molar-refractivity contribution in [2.45, 2.75) is 6.54 Å². The first-order valence-electron chi connectivity index (χ1n) is 4.69. The number of carboxylic acids is 1. The number of halogens is 1. The minimum atomic E-state index is -1.06. The first kappa shape index (κ1) is 11.9. The molecule has 0 unspecified atom stereocenters. The molecule has 0 bridgehead atoms. The number of aromatic nitrogens is 1. The Balaban J connectivity index is 2.17. The summed E-state index contributed by atoms with van der Waals surface area (Å²) in [6, 6.07) is 1.84. The van der Waals surface area contributed by atoms with Gasteiger partial charge in [0.15, 0.2) is 15.2 Å². The summed E-state index contributed by atoms with van der Waals surface area (Å²) >= 11 is 6.79. The fraction of sp³-hybridized carbons (Fsp3) is 0.200. The van der Waals surface area contributed by atoms with E-state index < -0.39 is 5.97 Å². The van der Waals surface area contributed by atoms with E-state index in [-0.39, 0.29) is 10.0 Å². The molecule has 2 rings (SSSR count). The molecule has 17 heavy (non-hydrogen) atoms. The van der Waals surface area contributed by atoms with Crippen molar-refractivity contribution in [2.24, 2.45) is 0 Å². The zero-order valence-electron chi connectivity index (χ0n) is 8.88. The highest BCUT2D eigenvalue weighted by Gasteiger charge is 2.18. The Kier molecular flexibility index (Phi) is 3.35. The van der Waals surface area contributed by atoms with Crippen LogP contribution in [0.3, 0.4) is 0 Å². The Morgan fingerprint density at radius 3 is 3.00 bits per heavy atom. The van der Waals surface area contributed by atoms with Gasteiger partial charge in [0.1, 0.15) is 0 Å². The van der Waals surface area contributed by atoms with E-state index in [1.54, 1.807) is 12.5 Å². The Hall–Kier alpha value is -1.53. The van der Waals surface area contributed by atoms with E-state index in [0.717, 1.165) is 16.9 Å². The molecule has 7 heteroatoms. The summed E-state index contributed by atoms with van der Waals surface area (Å²) in [6.45, 7) is 0.583. The largest absolute Gasteiger partial charge is 0.477 e. The van der Waals surface area contributed by atoms with Gasteiger partial charge in [-0.15, -0.1) is 0 Å². The minimum Gasteiger partial charge on any atom is -0.477 e. The number of nitrogens with zero attached hydrogens (tertiary/aromatic N) is 2. The monoisotopic (exact) mass is 272 g/mol. The maximum Gasteiger partial charge on any atom is 0.349 e. The van der Waals surface area contributed by atoms with E-state index in [9.17, 15) is 4.79 Å². The summed E-state index contributed by atoms with van der Waals surface area (Å²) in [6.07, 6.45) is 3.21. The number of aromatic carboxylic acids is 1. The van der Waals surface area contributed by atoms with Crippen LogP contribution in [0.25, 0.3) is 0 Å². The number of carboxylic acid groups (broad SMARTS) is 1. The predicted octanol–water partition coefficient (Wildman–Crippen LogP) is 2.72. The maximum absolute atomic E-state index is 10.8. The number of thiazole rings is 1. The van der Waals surface area contributed by atoms with Gasteiger partial charge >= 0.3 is 5.97 Å². The Morgan fingerprint density at radius 1 is 1.71 bits per heavy atom. The highest BCUT2D eigenvalue weighted by atomic mass is 35.5. The topological polar surface area (TPSA) is 66.6 Å². The Bertz CT molecular complexity index is 524. The molecule has 0 fully saturated rings. The first-order chi connectivity index (χ1) is 8.08. The summed E-state index contributed by atoms with van der Waals surface area (Å²) in [5, 5.41) is 9.46. The molecule has 0 amide bonds. The molecule has 2 aromatic heterocycles. The number of furan rings is 1. The van der Waals surface area contributed by atoms with Crippen LogP contribution in [0, 0.1) is 0 Å². The van der Waals surface area contributed by atoms with Gasteiger partial charge in [0, 0.05) is 19.2 Å². The fourth-order valence-electron chi connectivity index (χ4n) is 1.31. The van der Waals surface area contributed by atoms with E-state index in [2.05, 4.69) is 4.98 Å². The minimum absolute atomic E-state index is 0.0246. The SMILES string of the molecule is CN(Cc1ccoc1)c1nc(Cl)c(C(=O)O)s1. The van der Waals surface area contributed by atoms with Gasteiger partial charge in [0.25, 0.3) is 0 Å². The van der Waals surface area contributed by atoms with Crippen molar-refractivity contribution in [2.75, 3.05) is 11.9 Å². The molecule has 0 radical (unpaired) electrons. The van der Waals surface area contributed by atoms with Gasteiger partial charge < -0.3 is 14.4 Å². The van der Waals surface area contributed by atoms with Crippen molar-refractivity contribution in [3.05, 3.63) is 34.2 Å². The summed E-state index contributed by atoms with van der Waals surface area (Å²) in [4.78, 5) is 16.7. The van der Waals surface area contributed by atoms with Crippen LogP contribution < -0.4 is 4.90 Å². The number of carbonyl (C=O) groups is 1. The van der Waals surface area contributed by atoms with Crippen molar-refractivity contribution >= 4 is 34.0 Å². The van der Waals surface area contributed by atoms with Gasteiger partial charge in [-0.05, 0) is 6.07 Å². The molecule has 0 aliphatic rings. The summed E-state index contributed by atoms with van der Waals surface area (Å²) in [7, 11) is 1.81. The summed E-state index contributed by atoms with van der Waals surface area (Å²) < 4.78 is 4.95. The molecule has 2 heterocycles.